The first-order valence-corrected chi connectivity index (χ1v) is 4.84. The third-order valence-corrected chi connectivity index (χ3v) is 2.44. The van der Waals surface area contributed by atoms with Crippen molar-refractivity contribution in [3.63, 3.8) is 0 Å². The molecule has 2 N–H and O–H groups in total. The van der Waals surface area contributed by atoms with Crippen LogP contribution in [0.25, 0.3) is 16.5 Å². The summed E-state index contributed by atoms with van der Waals surface area (Å²) in [5.74, 6) is 0.109. The van der Waals surface area contributed by atoms with Crippen LogP contribution in [0.2, 0.25) is 0 Å². The SMILES string of the molecule is C=C(NC=O)c1c(O)ccc2ccccc12. The monoisotopic (exact) mass is 213 g/mol. The molecule has 0 bridgehead atoms. The smallest absolute Gasteiger partial charge is 0.211 e. The first-order chi connectivity index (χ1) is 7.74. The number of aromatic hydroxyl groups is 1. The molecule has 3 nitrogen and oxygen atoms in total. The second-order valence-electron chi connectivity index (χ2n) is 3.42. The van der Waals surface area contributed by atoms with Gasteiger partial charge < -0.3 is 10.4 Å². The summed E-state index contributed by atoms with van der Waals surface area (Å²) < 4.78 is 0. The van der Waals surface area contributed by atoms with Crippen LogP contribution < -0.4 is 5.32 Å². The second-order valence-corrected chi connectivity index (χ2v) is 3.42. The van der Waals surface area contributed by atoms with Gasteiger partial charge in [0.15, 0.2) is 0 Å². The Bertz CT molecular complexity index is 561. The number of carbonyl (C=O) groups excluding carboxylic acids is 1. The maximum absolute atomic E-state index is 10.4. The van der Waals surface area contributed by atoms with E-state index in [1.165, 1.54) is 0 Å². The van der Waals surface area contributed by atoms with Crippen molar-refractivity contribution in [2.45, 2.75) is 0 Å². The van der Waals surface area contributed by atoms with Crippen molar-refractivity contribution in [2.24, 2.45) is 0 Å². The minimum atomic E-state index is 0.109. The fourth-order valence-corrected chi connectivity index (χ4v) is 1.72. The Labute approximate surface area is 93.0 Å². The van der Waals surface area contributed by atoms with E-state index in [4.69, 9.17) is 0 Å². The normalized spacial score (nSPS) is 10.0. The highest BCUT2D eigenvalue weighted by Gasteiger charge is 2.09. The van der Waals surface area contributed by atoms with E-state index in [-0.39, 0.29) is 5.75 Å². The van der Waals surface area contributed by atoms with Crippen LogP contribution in [0.5, 0.6) is 5.75 Å². The number of phenols is 1. The third kappa shape index (κ3) is 1.63. The molecular weight excluding hydrogens is 202 g/mol. The zero-order valence-electron chi connectivity index (χ0n) is 8.60. The minimum absolute atomic E-state index is 0.109. The molecule has 0 unspecified atom stereocenters. The average molecular weight is 213 g/mol. The topological polar surface area (TPSA) is 49.3 Å². The van der Waals surface area contributed by atoms with Gasteiger partial charge in [0, 0.05) is 11.3 Å². The summed E-state index contributed by atoms with van der Waals surface area (Å²) in [5.41, 5.74) is 0.953. The standard InChI is InChI=1S/C13H11NO2/c1-9(14-8-15)13-11-5-3-2-4-10(11)6-7-12(13)16/h2-8,16H,1H2,(H,14,15). The molecule has 2 rings (SSSR count). The number of benzene rings is 2. The third-order valence-electron chi connectivity index (χ3n) is 2.44. The molecule has 0 spiro atoms. The van der Waals surface area contributed by atoms with Crippen molar-refractivity contribution in [3.8, 4) is 5.75 Å². The van der Waals surface area contributed by atoms with Gasteiger partial charge in [0.05, 0.1) is 0 Å². The molecule has 3 heteroatoms. The molecule has 1 amide bonds. The van der Waals surface area contributed by atoms with Gasteiger partial charge in [-0.05, 0) is 16.8 Å². The first kappa shape index (κ1) is 10.2. The van der Waals surface area contributed by atoms with Crippen molar-refractivity contribution in [2.75, 3.05) is 0 Å². The van der Waals surface area contributed by atoms with E-state index >= 15 is 0 Å². The number of hydrogen-bond acceptors (Lipinski definition) is 2. The van der Waals surface area contributed by atoms with Crippen LogP contribution in [0, 0.1) is 0 Å². The lowest BCUT2D eigenvalue weighted by molar-refractivity contribution is -0.108. The van der Waals surface area contributed by atoms with E-state index in [0.29, 0.717) is 17.7 Å². The van der Waals surface area contributed by atoms with Crippen molar-refractivity contribution in [1.82, 2.24) is 5.32 Å². The van der Waals surface area contributed by atoms with Gasteiger partial charge in [-0.1, -0.05) is 36.9 Å². The number of amides is 1. The predicted octanol–water partition coefficient (Wildman–Crippen LogP) is 2.26. The van der Waals surface area contributed by atoms with E-state index in [0.717, 1.165) is 10.8 Å². The van der Waals surface area contributed by atoms with Gasteiger partial charge in [0.1, 0.15) is 5.75 Å². The summed E-state index contributed by atoms with van der Waals surface area (Å²) in [6.45, 7) is 3.72. The molecule has 0 aliphatic carbocycles. The molecule has 0 saturated heterocycles. The van der Waals surface area contributed by atoms with Crippen LogP contribution in [0.1, 0.15) is 5.56 Å². The molecule has 0 atom stereocenters. The Balaban J connectivity index is 2.70. The number of phenolic OH excluding ortho intramolecular Hbond substituents is 1. The van der Waals surface area contributed by atoms with Crippen molar-refractivity contribution >= 4 is 22.9 Å². The summed E-state index contributed by atoms with van der Waals surface area (Å²) in [5, 5.41) is 14.1. The van der Waals surface area contributed by atoms with Crippen molar-refractivity contribution < 1.29 is 9.90 Å². The van der Waals surface area contributed by atoms with Crippen LogP contribution in [-0.2, 0) is 4.79 Å². The Hall–Kier alpha value is -2.29. The highest BCUT2D eigenvalue weighted by Crippen LogP contribution is 2.30. The summed E-state index contributed by atoms with van der Waals surface area (Å²) in [6.07, 6.45) is 0.545. The molecule has 0 fully saturated rings. The molecule has 16 heavy (non-hydrogen) atoms. The van der Waals surface area contributed by atoms with Gasteiger partial charge in [-0.2, -0.15) is 0 Å². The van der Waals surface area contributed by atoms with Crippen molar-refractivity contribution in [3.05, 3.63) is 48.5 Å². The Morgan fingerprint density at radius 1 is 1.25 bits per heavy atom. The molecule has 0 aliphatic heterocycles. The quantitative estimate of drug-likeness (QED) is 0.768. The Morgan fingerprint density at radius 2 is 2.00 bits per heavy atom. The van der Waals surface area contributed by atoms with Gasteiger partial charge in [0.2, 0.25) is 6.41 Å². The number of carbonyl (C=O) groups is 1. The maximum Gasteiger partial charge on any atom is 0.211 e. The molecule has 80 valence electrons. The first-order valence-electron chi connectivity index (χ1n) is 4.84. The van der Waals surface area contributed by atoms with Gasteiger partial charge in [-0.25, -0.2) is 0 Å². The summed E-state index contributed by atoms with van der Waals surface area (Å²) in [4.78, 5) is 10.4. The van der Waals surface area contributed by atoms with Crippen LogP contribution >= 0.6 is 0 Å². The summed E-state index contributed by atoms with van der Waals surface area (Å²) in [6, 6.07) is 11.0. The number of hydrogen-bond donors (Lipinski definition) is 2. The highest BCUT2D eigenvalue weighted by molar-refractivity contribution is 5.96. The Morgan fingerprint density at radius 3 is 2.75 bits per heavy atom. The van der Waals surface area contributed by atoms with Crippen molar-refractivity contribution in [1.29, 1.82) is 0 Å². The van der Waals surface area contributed by atoms with Crippen LogP contribution in [0.15, 0.2) is 43.0 Å². The molecule has 0 saturated carbocycles. The van der Waals surface area contributed by atoms with Crippen LogP contribution in [-0.4, -0.2) is 11.5 Å². The molecular formula is C13H11NO2. The van der Waals surface area contributed by atoms with Crippen LogP contribution in [0.3, 0.4) is 0 Å². The maximum atomic E-state index is 10.4. The summed E-state index contributed by atoms with van der Waals surface area (Å²) >= 11 is 0. The second kappa shape index (κ2) is 4.06. The number of nitrogens with one attached hydrogen (secondary N) is 1. The highest BCUT2D eigenvalue weighted by atomic mass is 16.3. The largest absolute Gasteiger partial charge is 0.507 e. The molecule has 0 radical (unpaired) electrons. The lowest BCUT2D eigenvalue weighted by Gasteiger charge is -2.10. The van der Waals surface area contributed by atoms with E-state index in [2.05, 4.69) is 11.9 Å². The van der Waals surface area contributed by atoms with E-state index in [9.17, 15) is 9.90 Å². The summed E-state index contributed by atoms with van der Waals surface area (Å²) in [7, 11) is 0. The molecule has 2 aromatic rings. The van der Waals surface area contributed by atoms with Crippen LogP contribution in [0.4, 0.5) is 0 Å². The molecule has 2 aromatic carbocycles. The molecule has 0 heterocycles. The predicted molar refractivity (Wildman–Crippen MR) is 63.8 cm³/mol. The van der Waals surface area contributed by atoms with Gasteiger partial charge >= 0.3 is 0 Å². The fourth-order valence-electron chi connectivity index (χ4n) is 1.72. The number of rotatable bonds is 3. The van der Waals surface area contributed by atoms with Gasteiger partial charge in [0.25, 0.3) is 0 Å². The van der Waals surface area contributed by atoms with Gasteiger partial charge in [-0.15, -0.1) is 0 Å². The average Bonchev–Trinajstić information content (AvgIpc) is 2.29. The van der Waals surface area contributed by atoms with E-state index in [1.807, 2.05) is 30.3 Å². The Kier molecular flexibility index (Phi) is 2.60. The lowest BCUT2D eigenvalue weighted by atomic mass is 10.0. The van der Waals surface area contributed by atoms with E-state index in [1.54, 1.807) is 6.07 Å². The zero-order chi connectivity index (χ0) is 11.5. The molecule has 0 aromatic heterocycles. The fraction of sp³-hybridized carbons (Fsp3) is 0. The lowest BCUT2D eigenvalue weighted by Crippen LogP contribution is -2.08. The minimum Gasteiger partial charge on any atom is -0.507 e. The van der Waals surface area contributed by atoms with E-state index < -0.39 is 0 Å². The zero-order valence-corrected chi connectivity index (χ0v) is 8.60. The molecule has 0 aliphatic rings. The number of fused-ring (bicyclic) bond motifs is 1. The van der Waals surface area contributed by atoms with Gasteiger partial charge in [-0.3, -0.25) is 4.79 Å².